The number of nitrogens with one attached hydrogen (secondary N) is 1. The molecule has 0 heterocycles. The Kier molecular flexibility index (Phi) is 19.1. The van der Waals surface area contributed by atoms with Gasteiger partial charge in [-0.1, -0.05) is 134 Å². The summed E-state index contributed by atoms with van der Waals surface area (Å²) in [6.07, 6.45) is 22.9. The van der Waals surface area contributed by atoms with Crippen LogP contribution in [-0.2, 0) is 5.54 Å². The van der Waals surface area contributed by atoms with Gasteiger partial charge in [0.05, 0.1) is 0 Å². The van der Waals surface area contributed by atoms with E-state index in [9.17, 15) is 0 Å². The van der Waals surface area contributed by atoms with Crippen molar-refractivity contribution in [3.8, 4) is 0 Å². The molecule has 29 heavy (non-hydrogen) atoms. The number of halogens is 1. The van der Waals surface area contributed by atoms with Crippen molar-refractivity contribution in [1.29, 1.82) is 0 Å². The number of benzene rings is 1. The average molecular weight is 424 g/mol. The smallest absolute Gasteiger partial charge is 0.0377 e. The van der Waals surface area contributed by atoms with Gasteiger partial charge in [0.2, 0.25) is 0 Å². The Hall–Kier alpha value is -0.530. The van der Waals surface area contributed by atoms with Crippen LogP contribution in [0.2, 0.25) is 0 Å². The molecule has 1 N–H and O–H groups in total. The van der Waals surface area contributed by atoms with Gasteiger partial charge in [-0.3, -0.25) is 0 Å². The fourth-order valence-electron chi connectivity index (χ4n) is 4.03. The van der Waals surface area contributed by atoms with E-state index >= 15 is 0 Å². The summed E-state index contributed by atoms with van der Waals surface area (Å²) in [5, 5.41) is 3.72. The lowest BCUT2D eigenvalue weighted by Crippen LogP contribution is -2.37. The van der Waals surface area contributed by atoms with Gasteiger partial charge < -0.3 is 5.32 Å². The zero-order valence-electron chi connectivity index (χ0n) is 19.8. The van der Waals surface area contributed by atoms with Crippen LogP contribution >= 0.6 is 12.4 Å². The highest BCUT2D eigenvalue weighted by Crippen LogP contribution is 2.19. The minimum atomic E-state index is 0. The predicted octanol–water partition coefficient (Wildman–Crippen LogP) is 9.19. The molecule has 0 amide bonds. The maximum absolute atomic E-state index is 3.72. The van der Waals surface area contributed by atoms with E-state index in [-0.39, 0.29) is 17.9 Å². The van der Waals surface area contributed by atoms with Gasteiger partial charge in [-0.2, -0.15) is 0 Å². The molecule has 1 rings (SSSR count). The van der Waals surface area contributed by atoms with Crippen LogP contribution in [0.3, 0.4) is 0 Å². The second-order valence-corrected chi connectivity index (χ2v) is 9.22. The summed E-state index contributed by atoms with van der Waals surface area (Å²) in [6.45, 7) is 8.00. The number of hydrogen-bond acceptors (Lipinski definition) is 1. The van der Waals surface area contributed by atoms with Crippen molar-refractivity contribution in [2.75, 3.05) is 6.54 Å². The monoisotopic (exact) mass is 423 g/mol. The molecule has 0 aliphatic rings. The first kappa shape index (κ1) is 28.5. The third kappa shape index (κ3) is 15.9. The molecule has 2 heteroatoms. The molecule has 0 saturated carbocycles. The summed E-state index contributed by atoms with van der Waals surface area (Å²) < 4.78 is 0. The second kappa shape index (κ2) is 19.4. The first-order chi connectivity index (χ1) is 13.7. The highest BCUT2D eigenvalue weighted by molar-refractivity contribution is 5.85. The van der Waals surface area contributed by atoms with Crippen molar-refractivity contribution in [3.05, 3.63) is 35.9 Å². The van der Waals surface area contributed by atoms with Gasteiger partial charge in [-0.25, -0.2) is 0 Å². The first-order valence-electron chi connectivity index (χ1n) is 12.5. The van der Waals surface area contributed by atoms with Gasteiger partial charge in [-0.05, 0) is 32.4 Å². The predicted molar refractivity (Wildman–Crippen MR) is 134 cm³/mol. The van der Waals surface area contributed by atoms with E-state index in [1.54, 1.807) is 0 Å². The van der Waals surface area contributed by atoms with Crippen LogP contribution < -0.4 is 5.32 Å². The summed E-state index contributed by atoms with van der Waals surface area (Å²) in [6, 6.07) is 10.8. The highest BCUT2D eigenvalue weighted by atomic mass is 35.5. The summed E-state index contributed by atoms with van der Waals surface area (Å²) in [5.41, 5.74) is 1.46. The third-order valence-electron chi connectivity index (χ3n) is 6.09. The topological polar surface area (TPSA) is 12.0 Å². The lowest BCUT2D eigenvalue weighted by Gasteiger charge is -2.27. The molecule has 1 aromatic carbocycles. The van der Waals surface area contributed by atoms with Crippen LogP contribution in [-0.4, -0.2) is 6.54 Å². The minimum absolute atomic E-state index is 0. The van der Waals surface area contributed by atoms with Crippen LogP contribution in [0.1, 0.15) is 129 Å². The molecule has 0 fully saturated rings. The normalized spacial score (nSPS) is 11.4. The third-order valence-corrected chi connectivity index (χ3v) is 6.09. The molecule has 0 aliphatic carbocycles. The van der Waals surface area contributed by atoms with Crippen LogP contribution in [0.25, 0.3) is 0 Å². The van der Waals surface area contributed by atoms with E-state index in [1.165, 1.54) is 108 Å². The zero-order valence-corrected chi connectivity index (χ0v) is 20.6. The maximum atomic E-state index is 3.72. The molecule has 170 valence electrons. The Balaban J connectivity index is 0.00000784. The molecular formula is C27H50ClN. The van der Waals surface area contributed by atoms with E-state index in [2.05, 4.69) is 56.4 Å². The molecule has 0 unspecified atom stereocenters. The SMILES string of the molecule is CCCCCCCCCCCCCCCCCCNC(C)(C)c1ccccc1.Cl. The quantitative estimate of drug-likeness (QED) is 0.218. The summed E-state index contributed by atoms with van der Waals surface area (Å²) in [4.78, 5) is 0. The largest absolute Gasteiger partial charge is 0.308 e. The molecule has 1 aromatic rings. The Bertz CT molecular complexity index is 443. The van der Waals surface area contributed by atoms with Gasteiger partial charge in [0.25, 0.3) is 0 Å². The minimum Gasteiger partial charge on any atom is -0.308 e. The molecule has 1 nitrogen and oxygen atoms in total. The fraction of sp³-hybridized carbons (Fsp3) is 0.778. The van der Waals surface area contributed by atoms with Crippen molar-refractivity contribution < 1.29 is 0 Å². The maximum Gasteiger partial charge on any atom is 0.0377 e. The lowest BCUT2D eigenvalue weighted by atomic mass is 9.94. The lowest BCUT2D eigenvalue weighted by molar-refractivity contribution is 0.394. The van der Waals surface area contributed by atoms with E-state index in [0.29, 0.717) is 0 Å². The van der Waals surface area contributed by atoms with E-state index in [1.807, 2.05) is 0 Å². The van der Waals surface area contributed by atoms with Gasteiger partial charge >= 0.3 is 0 Å². The van der Waals surface area contributed by atoms with Crippen LogP contribution in [0.15, 0.2) is 30.3 Å². The van der Waals surface area contributed by atoms with Crippen molar-refractivity contribution in [3.63, 3.8) is 0 Å². The van der Waals surface area contributed by atoms with E-state index < -0.39 is 0 Å². The summed E-state index contributed by atoms with van der Waals surface area (Å²) in [5.74, 6) is 0. The summed E-state index contributed by atoms with van der Waals surface area (Å²) >= 11 is 0. The summed E-state index contributed by atoms with van der Waals surface area (Å²) in [7, 11) is 0. The molecular weight excluding hydrogens is 374 g/mol. The Morgan fingerprint density at radius 2 is 0.966 bits per heavy atom. The van der Waals surface area contributed by atoms with Crippen molar-refractivity contribution >= 4 is 12.4 Å². The Labute approximate surface area is 189 Å². The van der Waals surface area contributed by atoms with Crippen LogP contribution in [0.5, 0.6) is 0 Å². The van der Waals surface area contributed by atoms with Gasteiger partial charge in [0.1, 0.15) is 0 Å². The average Bonchev–Trinajstić information content (AvgIpc) is 2.71. The molecule has 0 aliphatic heterocycles. The van der Waals surface area contributed by atoms with Gasteiger partial charge in [0, 0.05) is 5.54 Å². The Morgan fingerprint density at radius 3 is 1.38 bits per heavy atom. The van der Waals surface area contributed by atoms with Crippen molar-refractivity contribution in [2.45, 2.75) is 129 Å². The molecule has 0 radical (unpaired) electrons. The van der Waals surface area contributed by atoms with Crippen molar-refractivity contribution in [1.82, 2.24) is 5.32 Å². The molecule has 0 saturated heterocycles. The Morgan fingerprint density at radius 1 is 0.586 bits per heavy atom. The van der Waals surface area contributed by atoms with E-state index in [0.717, 1.165) is 6.54 Å². The highest BCUT2D eigenvalue weighted by Gasteiger charge is 2.18. The number of hydrogen-bond donors (Lipinski definition) is 1. The standard InChI is InChI=1S/C27H49N.ClH/c1-4-5-6-7-8-9-10-11-12-13-14-15-16-17-18-22-25-28-27(2,3)26-23-20-19-21-24-26;/h19-21,23-24,28H,4-18,22,25H2,1-3H3;1H. The number of rotatable bonds is 19. The van der Waals surface area contributed by atoms with Crippen molar-refractivity contribution in [2.24, 2.45) is 0 Å². The molecule has 0 aromatic heterocycles. The molecule has 0 bridgehead atoms. The fourth-order valence-corrected chi connectivity index (χ4v) is 4.03. The van der Waals surface area contributed by atoms with Crippen LogP contribution in [0, 0.1) is 0 Å². The molecule has 0 atom stereocenters. The number of unbranched alkanes of at least 4 members (excludes halogenated alkanes) is 15. The molecule has 0 spiro atoms. The van der Waals surface area contributed by atoms with Gasteiger partial charge in [-0.15, -0.1) is 12.4 Å². The zero-order chi connectivity index (χ0) is 20.3. The van der Waals surface area contributed by atoms with Crippen LogP contribution in [0.4, 0.5) is 0 Å². The van der Waals surface area contributed by atoms with Gasteiger partial charge in [0.15, 0.2) is 0 Å². The van der Waals surface area contributed by atoms with E-state index in [4.69, 9.17) is 0 Å². The second-order valence-electron chi connectivity index (χ2n) is 9.22. The first-order valence-corrected chi connectivity index (χ1v) is 12.5.